The fraction of sp³-hybridized carbons (Fsp3) is 0.455. The molecule has 0 aromatic carbocycles. The summed E-state index contributed by atoms with van der Waals surface area (Å²) in [6, 6.07) is 1.53. The molecule has 4 nitrogen and oxygen atoms in total. The van der Waals surface area contributed by atoms with Crippen LogP contribution in [0, 0.1) is 0 Å². The van der Waals surface area contributed by atoms with E-state index in [1.165, 1.54) is 12.3 Å². The highest BCUT2D eigenvalue weighted by Crippen LogP contribution is 2.22. The zero-order chi connectivity index (χ0) is 12.4. The molecule has 0 bridgehead atoms. The first-order valence-electron chi connectivity index (χ1n) is 5.40. The highest BCUT2D eigenvalue weighted by molar-refractivity contribution is 7.99. The second kappa shape index (κ2) is 5.14. The molecule has 0 aliphatic carbocycles. The maximum absolute atomic E-state index is 12.3. The first-order valence-corrected chi connectivity index (χ1v) is 6.82. The second-order valence-electron chi connectivity index (χ2n) is 4.03. The van der Waals surface area contributed by atoms with Gasteiger partial charge < -0.3 is 10.6 Å². The summed E-state index contributed by atoms with van der Waals surface area (Å²) in [6.07, 6.45) is 1.43. The second-order valence-corrected chi connectivity index (χ2v) is 5.96. The van der Waals surface area contributed by atoms with Crippen LogP contribution in [0.2, 0.25) is 5.15 Å². The van der Waals surface area contributed by atoms with E-state index in [2.05, 4.69) is 11.9 Å². The number of hydrogen-bond donors (Lipinski definition) is 1. The van der Waals surface area contributed by atoms with E-state index >= 15 is 0 Å². The molecule has 1 aliphatic rings. The highest BCUT2D eigenvalue weighted by atomic mass is 35.5. The van der Waals surface area contributed by atoms with Gasteiger partial charge in [0.05, 0.1) is 17.4 Å². The van der Waals surface area contributed by atoms with Gasteiger partial charge in [-0.3, -0.25) is 4.79 Å². The number of hydrogen-bond acceptors (Lipinski definition) is 4. The largest absolute Gasteiger partial charge is 0.397 e. The van der Waals surface area contributed by atoms with Crippen molar-refractivity contribution >= 4 is 35.0 Å². The number of amides is 1. The SMILES string of the molecule is CC1CN(C(=O)c2cc(Cl)ncc2N)CCS1. The van der Waals surface area contributed by atoms with Gasteiger partial charge in [-0.15, -0.1) is 0 Å². The van der Waals surface area contributed by atoms with Gasteiger partial charge in [0.15, 0.2) is 0 Å². The Morgan fingerprint density at radius 1 is 1.71 bits per heavy atom. The molecule has 0 spiro atoms. The van der Waals surface area contributed by atoms with Crippen LogP contribution in [-0.4, -0.2) is 39.9 Å². The lowest BCUT2D eigenvalue weighted by molar-refractivity contribution is 0.0764. The van der Waals surface area contributed by atoms with Crippen molar-refractivity contribution in [2.45, 2.75) is 12.2 Å². The highest BCUT2D eigenvalue weighted by Gasteiger charge is 2.23. The molecule has 1 saturated heterocycles. The van der Waals surface area contributed by atoms with E-state index in [0.717, 1.165) is 18.8 Å². The monoisotopic (exact) mass is 271 g/mol. The average Bonchev–Trinajstić information content (AvgIpc) is 2.31. The summed E-state index contributed by atoms with van der Waals surface area (Å²) >= 11 is 7.67. The van der Waals surface area contributed by atoms with Gasteiger partial charge in [-0.1, -0.05) is 18.5 Å². The zero-order valence-electron chi connectivity index (χ0n) is 9.52. The van der Waals surface area contributed by atoms with E-state index in [1.807, 2.05) is 16.7 Å². The van der Waals surface area contributed by atoms with Gasteiger partial charge in [-0.05, 0) is 6.07 Å². The van der Waals surface area contributed by atoms with Crippen LogP contribution in [0.25, 0.3) is 0 Å². The standard InChI is InChI=1S/C11H14ClN3OS/c1-7-6-15(2-3-17-7)11(16)8-4-10(12)14-5-9(8)13/h4-5,7H,2-3,6,13H2,1H3. The number of nitrogen functional groups attached to an aromatic ring is 1. The molecule has 1 aromatic heterocycles. The van der Waals surface area contributed by atoms with Gasteiger partial charge >= 0.3 is 0 Å². The molecule has 92 valence electrons. The Kier molecular flexibility index (Phi) is 3.79. The Morgan fingerprint density at radius 3 is 3.18 bits per heavy atom. The molecule has 1 amide bonds. The molecule has 0 radical (unpaired) electrons. The van der Waals surface area contributed by atoms with Crippen molar-refractivity contribution in [2.24, 2.45) is 0 Å². The Balaban J connectivity index is 2.21. The fourth-order valence-electron chi connectivity index (χ4n) is 1.80. The minimum absolute atomic E-state index is 0.0565. The summed E-state index contributed by atoms with van der Waals surface area (Å²) < 4.78 is 0. The molecule has 1 unspecified atom stereocenters. The van der Waals surface area contributed by atoms with E-state index in [9.17, 15) is 4.79 Å². The summed E-state index contributed by atoms with van der Waals surface area (Å²) in [5.41, 5.74) is 6.59. The maximum Gasteiger partial charge on any atom is 0.256 e. The van der Waals surface area contributed by atoms with Crippen LogP contribution in [0.3, 0.4) is 0 Å². The zero-order valence-corrected chi connectivity index (χ0v) is 11.1. The number of nitrogens with two attached hydrogens (primary N) is 1. The maximum atomic E-state index is 12.3. The van der Waals surface area contributed by atoms with Crippen molar-refractivity contribution in [1.82, 2.24) is 9.88 Å². The van der Waals surface area contributed by atoms with Gasteiger partial charge in [0, 0.05) is 24.1 Å². The first-order chi connectivity index (χ1) is 8.08. The van der Waals surface area contributed by atoms with Gasteiger partial charge in [0.2, 0.25) is 0 Å². The summed E-state index contributed by atoms with van der Waals surface area (Å²) in [4.78, 5) is 17.9. The van der Waals surface area contributed by atoms with E-state index in [0.29, 0.717) is 21.7 Å². The Bertz CT molecular complexity index is 441. The topological polar surface area (TPSA) is 59.2 Å². The van der Waals surface area contributed by atoms with Crippen LogP contribution >= 0.6 is 23.4 Å². The number of nitrogens with zero attached hydrogens (tertiary/aromatic N) is 2. The van der Waals surface area contributed by atoms with Crippen LogP contribution in [0.15, 0.2) is 12.3 Å². The van der Waals surface area contributed by atoms with E-state index in [4.69, 9.17) is 17.3 Å². The molecule has 1 atom stereocenters. The predicted octanol–water partition coefficient (Wildman–Crippen LogP) is 1.89. The third-order valence-electron chi connectivity index (χ3n) is 2.66. The molecule has 1 aromatic rings. The van der Waals surface area contributed by atoms with E-state index in [1.54, 1.807) is 0 Å². The first kappa shape index (κ1) is 12.5. The molecule has 17 heavy (non-hydrogen) atoms. The number of carbonyl (C=O) groups excluding carboxylic acids is 1. The van der Waals surface area contributed by atoms with Crippen LogP contribution < -0.4 is 5.73 Å². The van der Waals surface area contributed by atoms with Crippen molar-refractivity contribution in [3.63, 3.8) is 0 Å². The van der Waals surface area contributed by atoms with E-state index < -0.39 is 0 Å². The van der Waals surface area contributed by atoms with Gasteiger partial charge in [0.1, 0.15) is 5.15 Å². The number of rotatable bonds is 1. The number of aromatic nitrogens is 1. The third kappa shape index (κ3) is 2.84. The number of pyridine rings is 1. The molecule has 2 N–H and O–H groups in total. The van der Waals surface area contributed by atoms with Crippen LogP contribution in [0.1, 0.15) is 17.3 Å². The molecular weight excluding hydrogens is 258 g/mol. The molecular formula is C11H14ClN3OS. The van der Waals surface area contributed by atoms with Gasteiger partial charge in [-0.2, -0.15) is 11.8 Å². The number of anilines is 1. The average molecular weight is 272 g/mol. The smallest absolute Gasteiger partial charge is 0.256 e. The fourth-order valence-corrected chi connectivity index (χ4v) is 2.97. The van der Waals surface area contributed by atoms with Crippen molar-refractivity contribution in [1.29, 1.82) is 0 Å². The number of thioether (sulfide) groups is 1. The van der Waals surface area contributed by atoms with Crippen LogP contribution in [0.4, 0.5) is 5.69 Å². The number of carbonyl (C=O) groups is 1. The summed E-state index contributed by atoms with van der Waals surface area (Å²) in [5, 5.41) is 0.758. The Morgan fingerprint density at radius 2 is 2.47 bits per heavy atom. The van der Waals surface area contributed by atoms with Crippen molar-refractivity contribution in [3.8, 4) is 0 Å². The minimum atomic E-state index is -0.0565. The summed E-state index contributed by atoms with van der Waals surface area (Å²) in [6.45, 7) is 3.63. The van der Waals surface area contributed by atoms with Gasteiger partial charge in [-0.25, -0.2) is 4.98 Å². The quantitative estimate of drug-likeness (QED) is 0.793. The normalized spacial score (nSPS) is 20.4. The summed E-state index contributed by atoms with van der Waals surface area (Å²) in [5.74, 6) is 0.907. The van der Waals surface area contributed by atoms with Crippen molar-refractivity contribution < 1.29 is 4.79 Å². The molecule has 2 rings (SSSR count). The van der Waals surface area contributed by atoms with Gasteiger partial charge in [0.25, 0.3) is 5.91 Å². The lowest BCUT2D eigenvalue weighted by Gasteiger charge is -2.30. The molecule has 1 fully saturated rings. The molecule has 6 heteroatoms. The molecule has 2 heterocycles. The third-order valence-corrected chi connectivity index (χ3v) is 4.00. The molecule has 1 aliphatic heterocycles. The van der Waals surface area contributed by atoms with Crippen LogP contribution in [0.5, 0.6) is 0 Å². The predicted molar refractivity (Wildman–Crippen MR) is 71.5 cm³/mol. The van der Waals surface area contributed by atoms with E-state index in [-0.39, 0.29) is 5.91 Å². The number of halogens is 1. The Hall–Kier alpha value is -0.940. The van der Waals surface area contributed by atoms with Crippen molar-refractivity contribution in [2.75, 3.05) is 24.6 Å². The molecule has 0 saturated carbocycles. The lowest BCUT2D eigenvalue weighted by Crippen LogP contribution is -2.41. The van der Waals surface area contributed by atoms with Crippen molar-refractivity contribution in [3.05, 3.63) is 23.0 Å². The summed E-state index contributed by atoms with van der Waals surface area (Å²) in [7, 11) is 0. The Labute approximate surface area is 110 Å². The minimum Gasteiger partial charge on any atom is -0.397 e. The lowest BCUT2D eigenvalue weighted by atomic mass is 10.2. The van der Waals surface area contributed by atoms with Crippen LogP contribution in [-0.2, 0) is 0 Å².